The summed E-state index contributed by atoms with van der Waals surface area (Å²) in [5.41, 5.74) is -0.0105. The second kappa shape index (κ2) is 6.21. The first-order valence-corrected chi connectivity index (χ1v) is 8.24. The van der Waals surface area contributed by atoms with Crippen molar-refractivity contribution in [2.75, 3.05) is 7.11 Å². The topological polar surface area (TPSA) is 75.7 Å². The van der Waals surface area contributed by atoms with Gasteiger partial charge in [0.15, 0.2) is 5.50 Å². The molecule has 6 nitrogen and oxygen atoms in total. The molecule has 2 heterocycles. The van der Waals surface area contributed by atoms with Gasteiger partial charge in [-0.2, -0.15) is 0 Å². The molecule has 1 atom stereocenters. The third-order valence-electron chi connectivity index (χ3n) is 3.32. The second-order valence-corrected chi connectivity index (χ2v) is 6.77. The van der Waals surface area contributed by atoms with E-state index in [1.807, 2.05) is 0 Å². The summed E-state index contributed by atoms with van der Waals surface area (Å²) in [7, 11) is 1.21. The molecule has 0 saturated carbocycles. The fraction of sp³-hybridized carbons (Fsp3) is 0.133. The summed E-state index contributed by atoms with van der Waals surface area (Å²) in [6.07, 6.45) is 2.79. The molecule has 1 unspecified atom stereocenters. The minimum Gasteiger partial charge on any atom is -0.465 e. The molecule has 1 amide bonds. The van der Waals surface area contributed by atoms with Gasteiger partial charge in [-0.3, -0.25) is 14.5 Å². The first-order valence-electron chi connectivity index (χ1n) is 6.57. The summed E-state index contributed by atoms with van der Waals surface area (Å²) in [6.45, 7) is 0. The molecule has 8 heteroatoms. The lowest BCUT2D eigenvalue weighted by atomic mass is 10.1. The number of rotatable bonds is 3. The number of carbonyl (C=O) groups excluding carboxylic acids is 3. The molecule has 2 aliphatic heterocycles. The summed E-state index contributed by atoms with van der Waals surface area (Å²) in [6, 6.07) is 6.97. The quantitative estimate of drug-likeness (QED) is 0.480. The number of benzene rings is 1. The van der Waals surface area contributed by atoms with E-state index in [9.17, 15) is 14.4 Å². The molecule has 0 aromatic heterocycles. The second-order valence-electron chi connectivity index (χ2n) is 4.73. The molecule has 2 aliphatic rings. The molecule has 0 aliphatic carbocycles. The van der Waals surface area contributed by atoms with Crippen molar-refractivity contribution >= 4 is 45.4 Å². The zero-order valence-electron chi connectivity index (χ0n) is 11.9. The molecule has 3 rings (SSSR count). The number of hydrogen-bond acceptors (Lipinski definition) is 6. The minimum absolute atomic E-state index is 0.0991. The van der Waals surface area contributed by atoms with Crippen LogP contribution in [0.1, 0.15) is 10.4 Å². The van der Waals surface area contributed by atoms with E-state index in [0.29, 0.717) is 10.5 Å². The van der Waals surface area contributed by atoms with Crippen LogP contribution < -0.4 is 5.32 Å². The largest absolute Gasteiger partial charge is 0.465 e. The highest BCUT2D eigenvalue weighted by atomic mass is 79.9. The van der Waals surface area contributed by atoms with E-state index >= 15 is 0 Å². The average Bonchev–Trinajstić information content (AvgIpc) is 3.00. The van der Waals surface area contributed by atoms with Gasteiger partial charge in [0, 0.05) is 22.4 Å². The van der Waals surface area contributed by atoms with E-state index in [-0.39, 0.29) is 11.4 Å². The number of allylic oxidation sites excluding steroid dienone is 1. The lowest BCUT2D eigenvalue weighted by molar-refractivity contribution is -0.140. The van der Waals surface area contributed by atoms with E-state index in [2.05, 4.69) is 26.0 Å². The van der Waals surface area contributed by atoms with Gasteiger partial charge in [-0.05, 0) is 24.3 Å². The number of halogens is 1. The molecule has 118 valence electrons. The van der Waals surface area contributed by atoms with E-state index in [0.717, 1.165) is 4.47 Å². The highest BCUT2D eigenvalue weighted by molar-refractivity contribution is 9.10. The Morgan fingerprint density at radius 2 is 2.00 bits per heavy atom. The Morgan fingerprint density at radius 1 is 1.30 bits per heavy atom. The van der Waals surface area contributed by atoms with Crippen LogP contribution >= 0.6 is 27.7 Å². The molecule has 0 radical (unpaired) electrons. The summed E-state index contributed by atoms with van der Waals surface area (Å²) >= 11 is 4.54. The maximum atomic E-state index is 12.5. The van der Waals surface area contributed by atoms with Gasteiger partial charge in [-0.1, -0.05) is 27.7 Å². The van der Waals surface area contributed by atoms with Gasteiger partial charge in [0.05, 0.1) is 12.0 Å². The standard InChI is InChI=1S/C15H11BrN2O4S/c1-22-14(21)10-6-17-15-18(13(10)20)7-11(23-15)12(19)8-2-4-9(16)5-3-8/h2-7,15,17H,1H3. The third kappa shape index (κ3) is 2.91. The van der Waals surface area contributed by atoms with Crippen LogP contribution in [0.25, 0.3) is 0 Å². The highest BCUT2D eigenvalue weighted by Gasteiger charge is 2.39. The minimum atomic E-state index is -0.716. The van der Waals surface area contributed by atoms with Crippen molar-refractivity contribution in [2.45, 2.75) is 5.50 Å². The number of ketones is 1. The number of methoxy groups -OCH3 is 1. The Balaban J connectivity index is 1.83. The number of Topliss-reactive ketones (excluding diaryl/α,β-unsaturated/α-hetero) is 1. The van der Waals surface area contributed by atoms with Crippen molar-refractivity contribution in [3.8, 4) is 0 Å². The van der Waals surface area contributed by atoms with Crippen molar-refractivity contribution in [3.63, 3.8) is 0 Å². The number of ether oxygens (including phenoxy) is 1. The lowest BCUT2D eigenvalue weighted by Crippen LogP contribution is -2.45. The Bertz CT molecular complexity index is 757. The average molecular weight is 395 g/mol. The van der Waals surface area contributed by atoms with Crippen molar-refractivity contribution in [2.24, 2.45) is 0 Å². The Labute approximate surface area is 144 Å². The van der Waals surface area contributed by atoms with E-state index < -0.39 is 17.4 Å². The van der Waals surface area contributed by atoms with Crippen LogP contribution in [0, 0.1) is 0 Å². The maximum Gasteiger partial charge on any atom is 0.345 e. The molecule has 1 aromatic carbocycles. The molecule has 0 bridgehead atoms. The van der Waals surface area contributed by atoms with Gasteiger partial charge in [-0.25, -0.2) is 4.79 Å². The van der Waals surface area contributed by atoms with Crippen LogP contribution in [-0.4, -0.2) is 35.2 Å². The van der Waals surface area contributed by atoms with Crippen LogP contribution in [-0.2, 0) is 14.3 Å². The van der Waals surface area contributed by atoms with Crippen LogP contribution in [0.15, 0.2) is 51.6 Å². The van der Waals surface area contributed by atoms with Gasteiger partial charge in [0.25, 0.3) is 5.91 Å². The summed E-state index contributed by atoms with van der Waals surface area (Å²) in [4.78, 5) is 38.1. The Hall–Kier alpha value is -2.06. The van der Waals surface area contributed by atoms with Gasteiger partial charge in [0.2, 0.25) is 5.78 Å². The Kier molecular flexibility index (Phi) is 4.27. The predicted molar refractivity (Wildman–Crippen MR) is 88.0 cm³/mol. The number of hydrogen-bond donors (Lipinski definition) is 1. The number of thioether (sulfide) groups is 1. The number of esters is 1. The van der Waals surface area contributed by atoms with Crippen molar-refractivity contribution in [3.05, 3.63) is 57.2 Å². The molecular weight excluding hydrogens is 384 g/mol. The monoisotopic (exact) mass is 394 g/mol. The summed E-state index contributed by atoms with van der Waals surface area (Å²) in [5, 5.41) is 2.92. The number of nitrogens with zero attached hydrogens (tertiary/aromatic N) is 1. The fourth-order valence-electron chi connectivity index (χ4n) is 2.15. The molecule has 23 heavy (non-hydrogen) atoms. The van der Waals surface area contributed by atoms with Gasteiger partial charge < -0.3 is 10.1 Å². The zero-order chi connectivity index (χ0) is 16.6. The smallest absolute Gasteiger partial charge is 0.345 e. The third-order valence-corrected chi connectivity index (χ3v) is 4.98. The zero-order valence-corrected chi connectivity index (χ0v) is 14.3. The Morgan fingerprint density at radius 3 is 2.65 bits per heavy atom. The molecule has 0 saturated heterocycles. The van der Waals surface area contributed by atoms with Crippen LogP contribution in [0.2, 0.25) is 0 Å². The van der Waals surface area contributed by atoms with E-state index in [1.165, 1.54) is 36.2 Å². The molecular formula is C15H11BrN2O4S. The number of carbonyl (C=O) groups is 3. The molecule has 1 N–H and O–H groups in total. The van der Waals surface area contributed by atoms with Gasteiger partial charge in [-0.15, -0.1) is 0 Å². The van der Waals surface area contributed by atoms with Crippen LogP contribution in [0.5, 0.6) is 0 Å². The molecule has 0 fully saturated rings. The SMILES string of the molecule is COC(=O)C1=CNC2SC(C(=O)c3ccc(Br)cc3)=CN2C1=O. The van der Waals surface area contributed by atoms with Crippen LogP contribution in [0.4, 0.5) is 0 Å². The number of amides is 1. The van der Waals surface area contributed by atoms with E-state index in [1.54, 1.807) is 24.3 Å². The van der Waals surface area contributed by atoms with Gasteiger partial charge >= 0.3 is 5.97 Å². The molecule has 0 spiro atoms. The van der Waals surface area contributed by atoms with Crippen molar-refractivity contribution < 1.29 is 19.1 Å². The number of fused-ring (bicyclic) bond motifs is 1. The van der Waals surface area contributed by atoms with Crippen LogP contribution in [0.3, 0.4) is 0 Å². The highest BCUT2D eigenvalue weighted by Crippen LogP contribution is 2.36. The predicted octanol–water partition coefficient (Wildman–Crippen LogP) is 1.99. The summed E-state index contributed by atoms with van der Waals surface area (Å²) in [5.74, 6) is -1.38. The first kappa shape index (κ1) is 15.8. The van der Waals surface area contributed by atoms with E-state index in [4.69, 9.17) is 0 Å². The molecule has 1 aromatic rings. The normalized spacial score (nSPS) is 19.5. The van der Waals surface area contributed by atoms with Gasteiger partial charge in [0.1, 0.15) is 5.57 Å². The van der Waals surface area contributed by atoms with Crippen molar-refractivity contribution in [1.29, 1.82) is 0 Å². The lowest BCUT2D eigenvalue weighted by Gasteiger charge is -2.27. The maximum absolute atomic E-state index is 12.5. The number of nitrogens with one attached hydrogen (secondary N) is 1. The fourth-order valence-corrected chi connectivity index (χ4v) is 3.46. The van der Waals surface area contributed by atoms with Crippen molar-refractivity contribution in [1.82, 2.24) is 10.2 Å². The summed E-state index contributed by atoms with van der Waals surface area (Å²) < 4.78 is 5.45. The first-order chi connectivity index (χ1) is 11.0.